The van der Waals surface area contributed by atoms with Crippen LogP contribution in [-0.4, -0.2) is 56.0 Å². The lowest BCUT2D eigenvalue weighted by molar-refractivity contribution is 0.113. The first kappa shape index (κ1) is 17.4. The Hall–Kier alpha value is -0.940. The van der Waals surface area contributed by atoms with Gasteiger partial charge in [-0.25, -0.2) is 0 Å². The molecule has 1 aromatic carbocycles. The molecule has 124 valence electrons. The van der Waals surface area contributed by atoms with E-state index in [0.717, 1.165) is 19.5 Å². The van der Waals surface area contributed by atoms with Crippen LogP contribution in [0.3, 0.4) is 0 Å². The van der Waals surface area contributed by atoms with Crippen molar-refractivity contribution in [1.29, 1.82) is 0 Å². The fourth-order valence-corrected chi connectivity index (χ4v) is 2.95. The number of ether oxygens (including phenoxy) is 1. The maximum absolute atomic E-state index is 8.74. The summed E-state index contributed by atoms with van der Waals surface area (Å²) in [6, 6.07) is 11.1. The topological polar surface area (TPSA) is 44.7 Å². The Kier molecular flexibility index (Phi) is 8.49. The number of nitrogens with one attached hydrogen (secondary N) is 1. The Morgan fingerprint density at radius 2 is 1.86 bits per heavy atom. The molecule has 4 nitrogen and oxygen atoms in total. The number of aliphatic hydroxyl groups is 1. The Balaban J connectivity index is 1.79. The maximum Gasteiger partial charge on any atom is 0.0591 e. The van der Waals surface area contributed by atoms with E-state index in [0.29, 0.717) is 19.3 Å². The van der Waals surface area contributed by atoms with Gasteiger partial charge in [0.15, 0.2) is 0 Å². The van der Waals surface area contributed by atoms with Crippen LogP contribution in [0.2, 0.25) is 0 Å². The van der Waals surface area contributed by atoms with Crippen molar-refractivity contribution in [3.63, 3.8) is 0 Å². The summed E-state index contributed by atoms with van der Waals surface area (Å²) < 4.78 is 5.51. The summed E-state index contributed by atoms with van der Waals surface area (Å²) in [6.07, 6.45) is 4.74. The van der Waals surface area contributed by atoms with Crippen LogP contribution < -0.4 is 5.32 Å². The Morgan fingerprint density at radius 1 is 1.09 bits per heavy atom. The molecule has 4 heteroatoms. The first-order valence-corrected chi connectivity index (χ1v) is 8.59. The van der Waals surface area contributed by atoms with Crippen molar-refractivity contribution in [2.75, 3.05) is 46.0 Å². The van der Waals surface area contributed by atoms with Gasteiger partial charge in [-0.15, -0.1) is 0 Å². The molecule has 2 N–H and O–H groups in total. The zero-order chi connectivity index (χ0) is 15.5. The number of hydrogen-bond acceptors (Lipinski definition) is 4. The molecule has 1 saturated heterocycles. The van der Waals surface area contributed by atoms with Crippen LogP contribution in [0.5, 0.6) is 0 Å². The average Bonchev–Trinajstić information content (AvgIpc) is 2.58. The SMILES string of the molecule is OCCCOCCN[C@H](CN1CCCCC1)c1ccccc1. The molecule has 2 rings (SSSR count). The number of piperidine rings is 1. The van der Waals surface area contributed by atoms with Gasteiger partial charge in [-0.3, -0.25) is 0 Å². The molecule has 0 amide bonds. The molecule has 0 spiro atoms. The van der Waals surface area contributed by atoms with Crippen molar-refractivity contribution >= 4 is 0 Å². The third-order valence-electron chi connectivity index (χ3n) is 4.18. The molecule has 0 saturated carbocycles. The van der Waals surface area contributed by atoms with Gasteiger partial charge in [0, 0.05) is 32.3 Å². The minimum Gasteiger partial charge on any atom is -0.396 e. The van der Waals surface area contributed by atoms with Gasteiger partial charge in [0.1, 0.15) is 0 Å². The number of aliphatic hydroxyl groups excluding tert-OH is 1. The van der Waals surface area contributed by atoms with Gasteiger partial charge in [0.05, 0.1) is 6.61 Å². The van der Waals surface area contributed by atoms with Crippen molar-refractivity contribution < 1.29 is 9.84 Å². The summed E-state index contributed by atoms with van der Waals surface area (Å²) >= 11 is 0. The lowest BCUT2D eigenvalue weighted by Crippen LogP contribution is -2.39. The van der Waals surface area contributed by atoms with Gasteiger partial charge in [-0.05, 0) is 37.9 Å². The highest BCUT2D eigenvalue weighted by Crippen LogP contribution is 2.17. The number of likely N-dealkylation sites (tertiary alicyclic amines) is 1. The van der Waals surface area contributed by atoms with E-state index in [-0.39, 0.29) is 6.61 Å². The highest BCUT2D eigenvalue weighted by atomic mass is 16.5. The van der Waals surface area contributed by atoms with Crippen molar-refractivity contribution in [1.82, 2.24) is 10.2 Å². The molecular weight excluding hydrogens is 276 g/mol. The van der Waals surface area contributed by atoms with Gasteiger partial charge >= 0.3 is 0 Å². The smallest absolute Gasteiger partial charge is 0.0591 e. The standard InChI is InChI=1S/C18H30N2O2/c21-13-7-14-22-15-10-19-18(17-8-3-1-4-9-17)16-20-11-5-2-6-12-20/h1,3-4,8-9,18-19,21H,2,5-7,10-16H2/t18-/m1/s1. The molecule has 1 heterocycles. The third kappa shape index (κ3) is 6.44. The molecule has 1 aliphatic heterocycles. The monoisotopic (exact) mass is 306 g/mol. The summed E-state index contributed by atoms with van der Waals surface area (Å²) in [5.41, 5.74) is 1.35. The van der Waals surface area contributed by atoms with Crippen LogP contribution in [0.1, 0.15) is 37.3 Å². The molecular formula is C18H30N2O2. The van der Waals surface area contributed by atoms with Crippen LogP contribution >= 0.6 is 0 Å². The van der Waals surface area contributed by atoms with Crippen molar-refractivity contribution in [2.45, 2.75) is 31.7 Å². The molecule has 22 heavy (non-hydrogen) atoms. The van der Waals surface area contributed by atoms with Crippen molar-refractivity contribution in [2.24, 2.45) is 0 Å². The predicted molar refractivity (Wildman–Crippen MR) is 90.0 cm³/mol. The molecule has 1 aromatic rings. The van der Waals surface area contributed by atoms with E-state index in [2.05, 4.69) is 40.5 Å². The molecule has 0 bridgehead atoms. The lowest BCUT2D eigenvalue weighted by atomic mass is 10.0. The van der Waals surface area contributed by atoms with Crippen LogP contribution in [0.15, 0.2) is 30.3 Å². The molecule has 0 unspecified atom stereocenters. The van der Waals surface area contributed by atoms with E-state index < -0.39 is 0 Å². The van der Waals surface area contributed by atoms with E-state index in [9.17, 15) is 0 Å². The summed E-state index contributed by atoms with van der Waals surface area (Å²) in [4.78, 5) is 2.57. The second-order valence-electron chi connectivity index (χ2n) is 5.97. The fourth-order valence-electron chi connectivity index (χ4n) is 2.95. The molecule has 0 aliphatic carbocycles. The molecule has 1 aliphatic rings. The van der Waals surface area contributed by atoms with E-state index in [1.165, 1.54) is 37.9 Å². The van der Waals surface area contributed by atoms with Gasteiger partial charge in [-0.1, -0.05) is 36.8 Å². The second kappa shape index (κ2) is 10.7. The number of hydrogen-bond donors (Lipinski definition) is 2. The average molecular weight is 306 g/mol. The fraction of sp³-hybridized carbons (Fsp3) is 0.667. The molecule has 0 radical (unpaired) electrons. The summed E-state index contributed by atoms with van der Waals surface area (Å²) in [5.74, 6) is 0. The summed E-state index contributed by atoms with van der Waals surface area (Å²) in [5, 5.41) is 12.4. The summed E-state index contributed by atoms with van der Waals surface area (Å²) in [7, 11) is 0. The number of rotatable bonds is 10. The Labute approximate surface area is 134 Å². The minimum absolute atomic E-state index is 0.203. The van der Waals surface area contributed by atoms with Gasteiger partial charge in [0.25, 0.3) is 0 Å². The van der Waals surface area contributed by atoms with E-state index in [1.807, 2.05) is 0 Å². The number of nitrogens with zero attached hydrogens (tertiary/aromatic N) is 1. The van der Waals surface area contributed by atoms with Crippen LogP contribution in [0, 0.1) is 0 Å². The Morgan fingerprint density at radius 3 is 2.59 bits per heavy atom. The highest BCUT2D eigenvalue weighted by Gasteiger charge is 2.17. The predicted octanol–water partition coefficient (Wildman–Crippen LogP) is 2.20. The quantitative estimate of drug-likeness (QED) is 0.651. The van der Waals surface area contributed by atoms with Crippen LogP contribution in [0.4, 0.5) is 0 Å². The van der Waals surface area contributed by atoms with Gasteiger partial charge in [-0.2, -0.15) is 0 Å². The van der Waals surface area contributed by atoms with Gasteiger partial charge < -0.3 is 20.1 Å². The van der Waals surface area contributed by atoms with Crippen molar-refractivity contribution in [3.05, 3.63) is 35.9 Å². The van der Waals surface area contributed by atoms with E-state index in [1.54, 1.807) is 0 Å². The van der Waals surface area contributed by atoms with E-state index >= 15 is 0 Å². The minimum atomic E-state index is 0.203. The number of benzene rings is 1. The first-order chi connectivity index (χ1) is 10.9. The first-order valence-electron chi connectivity index (χ1n) is 8.59. The summed E-state index contributed by atoms with van der Waals surface area (Å²) in [6.45, 7) is 5.90. The third-order valence-corrected chi connectivity index (χ3v) is 4.18. The lowest BCUT2D eigenvalue weighted by Gasteiger charge is -2.31. The molecule has 1 atom stereocenters. The zero-order valence-electron chi connectivity index (χ0n) is 13.5. The van der Waals surface area contributed by atoms with E-state index in [4.69, 9.17) is 9.84 Å². The second-order valence-corrected chi connectivity index (χ2v) is 5.97. The highest BCUT2D eigenvalue weighted by molar-refractivity contribution is 5.19. The Bertz CT molecular complexity index is 380. The normalized spacial score (nSPS) is 17.5. The maximum atomic E-state index is 8.74. The van der Waals surface area contributed by atoms with Crippen LogP contribution in [-0.2, 0) is 4.74 Å². The molecule has 1 fully saturated rings. The van der Waals surface area contributed by atoms with Crippen molar-refractivity contribution in [3.8, 4) is 0 Å². The zero-order valence-corrected chi connectivity index (χ0v) is 13.5. The largest absolute Gasteiger partial charge is 0.396 e. The van der Waals surface area contributed by atoms with Gasteiger partial charge in [0.2, 0.25) is 0 Å². The molecule has 0 aromatic heterocycles. The van der Waals surface area contributed by atoms with Crippen LogP contribution in [0.25, 0.3) is 0 Å².